The summed E-state index contributed by atoms with van der Waals surface area (Å²) >= 11 is 1.65. The molecule has 7 heteroatoms. The Morgan fingerprint density at radius 1 is 1.11 bits per heavy atom. The quantitative estimate of drug-likeness (QED) is 0.392. The number of hydrogen-bond acceptors (Lipinski definition) is 6. The Morgan fingerprint density at radius 2 is 1.86 bits per heavy atom. The third-order valence-electron chi connectivity index (χ3n) is 6.47. The van der Waals surface area contributed by atoms with Crippen LogP contribution in [-0.4, -0.2) is 26.3 Å². The van der Waals surface area contributed by atoms with Crippen molar-refractivity contribution in [2.45, 2.75) is 64.8 Å². The number of aromatic nitrogens is 3. The van der Waals surface area contributed by atoms with Gasteiger partial charge in [-0.2, -0.15) is 4.98 Å². The largest absolute Gasteiger partial charge is 0.489 e. The van der Waals surface area contributed by atoms with E-state index in [1.807, 2.05) is 28.9 Å². The van der Waals surface area contributed by atoms with Crippen LogP contribution in [0.4, 0.5) is 5.95 Å². The molecule has 0 amide bonds. The van der Waals surface area contributed by atoms with Gasteiger partial charge in [0.1, 0.15) is 18.4 Å². The molecule has 35 heavy (non-hydrogen) atoms. The minimum atomic E-state index is -0.292. The van der Waals surface area contributed by atoms with E-state index in [9.17, 15) is 4.79 Å². The van der Waals surface area contributed by atoms with Gasteiger partial charge in [0, 0.05) is 23.4 Å². The van der Waals surface area contributed by atoms with Crippen LogP contribution in [0.25, 0.3) is 0 Å². The summed E-state index contributed by atoms with van der Waals surface area (Å²) in [6.45, 7) is 9.03. The molecule has 1 unspecified atom stereocenters. The topological polar surface area (TPSA) is 69.0 Å². The maximum absolute atomic E-state index is 13.4. The van der Waals surface area contributed by atoms with Crippen molar-refractivity contribution >= 4 is 23.5 Å². The number of Topliss-reactive ketones (excluding diaryl/α,β-unsaturated/α-hetero) is 1. The van der Waals surface area contributed by atoms with Crippen LogP contribution in [0.2, 0.25) is 0 Å². The van der Waals surface area contributed by atoms with Crippen molar-refractivity contribution in [3.63, 3.8) is 0 Å². The molecule has 0 saturated carbocycles. The van der Waals surface area contributed by atoms with E-state index in [2.05, 4.69) is 57.3 Å². The lowest BCUT2D eigenvalue weighted by Gasteiger charge is -2.38. The minimum Gasteiger partial charge on any atom is -0.489 e. The molecule has 6 nitrogen and oxygen atoms in total. The maximum atomic E-state index is 13.4. The first-order chi connectivity index (χ1) is 16.8. The maximum Gasteiger partial charge on any atom is 0.227 e. The van der Waals surface area contributed by atoms with Crippen molar-refractivity contribution < 1.29 is 9.53 Å². The molecule has 0 fully saturated rings. The van der Waals surface area contributed by atoms with Crippen LogP contribution >= 0.6 is 11.8 Å². The van der Waals surface area contributed by atoms with Crippen LogP contribution < -0.4 is 10.1 Å². The van der Waals surface area contributed by atoms with Gasteiger partial charge < -0.3 is 10.1 Å². The number of aryl methyl sites for hydroxylation is 1. The van der Waals surface area contributed by atoms with Crippen molar-refractivity contribution in [2.24, 2.45) is 5.41 Å². The lowest BCUT2D eigenvalue weighted by atomic mass is 9.73. The van der Waals surface area contributed by atoms with Crippen LogP contribution in [0.1, 0.15) is 62.8 Å². The second kappa shape index (κ2) is 9.53. The standard InChI is InChI=1S/C28H32N4O2S/c1-5-14-35-27-30-26-29-22-15-28(3,4)16-23(33)24(22)25(32(26)31-27)20-10-12-21(13-11-20)34-17-19-8-6-18(2)7-9-19/h6-13,25H,5,14-17H2,1-4H3,(H,29,30,31). The Morgan fingerprint density at radius 3 is 2.57 bits per heavy atom. The molecule has 2 aromatic carbocycles. The second-order valence-corrected chi connectivity index (χ2v) is 11.3. The highest BCUT2D eigenvalue weighted by atomic mass is 32.2. The number of benzene rings is 2. The number of anilines is 1. The molecule has 182 valence electrons. The van der Waals surface area contributed by atoms with E-state index in [0.29, 0.717) is 19.0 Å². The fourth-order valence-electron chi connectivity index (χ4n) is 4.75. The number of fused-ring (bicyclic) bond motifs is 1. The highest BCUT2D eigenvalue weighted by molar-refractivity contribution is 7.99. The molecule has 0 saturated heterocycles. The molecular weight excluding hydrogens is 456 g/mol. The Balaban J connectivity index is 1.45. The first-order valence-electron chi connectivity index (χ1n) is 12.2. The van der Waals surface area contributed by atoms with E-state index in [1.54, 1.807) is 11.8 Å². The smallest absolute Gasteiger partial charge is 0.227 e. The molecule has 1 aliphatic carbocycles. The van der Waals surface area contributed by atoms with Gasteiger partial charge in [-0.3, -0.25) is 4.79 Å². The van der Waals surface area contributed by atoms with Crippen molar-refractivity contribution in [2.75, 3.05) is 11.1 Å². The summed E-state index contributed by atoms with van der Waals surface area (Å²) in [5.74, 6) is 2.64. The number of ether oxygens (including phenoxy) is 1. The summed E-state index contributed by atoms with van der Waals surface area (Å²) in [7, 11) is 0. The number of ketones is 1. The zero-order valence-corrected chi connectivity index (χ0v) is 21.6. The number of nitrogens with one attached hydrogen (secondary N) is 1. The summed E-state index contributed by atoms with van der Waals surface area (Å²) in [5, 5.41) is 8.99. The molecule has 1 atom stereocenters. The van der Waals surface area contributed by atoms with Gasteiger partial charge in [-0.05, 0) is 48.4 Å². The SMILES string of the molecule is CCCSc1nc2n(n1)C(c1ccc(OCc3ccc(C)cc3)cc1)C1=C(CC(C)(C)CC1=O)N2. The Labute approximate surface area is 211 Å². The van der Waals surface area contributed by atoms with E-state index in [-0.39, 0.29) is 17.2 Å². The number of carbonyl (C=O) groups is 1. The first-order valence-corrected chi connectivity index (χ1v) is 13.2. The molecule has 2 heterocycles. The molecule has 2 aliphatic rings. The fourth-order valence-corrected chi connectivity index (χ4v) is 5.43. The summed E-state index contributed by atoms with van der Waals surface area (Å²) in [6.07, 6.45) is 2.40. The summed E-state index contributed by atoms with van der Waals surface area (Å²) in [4.78, 5) is 18.1. The highest BCUT2D eigenvalue weighted by Crippen LogP contribution is 2.45. The zero-order valence-electron chi connectivity index (χ0n) is 20.8. The predicted molar refractivity (Wildman–Crippen MR) is 140 cm³/mol. The second-order valence-electron chi connectivity index (χ2n) is 10.2. The molecule has 1 aromatic heterocycles. The summed E-state index contributed by atoms with van der Waals surface area (Å²) in [6, 6.07) is 16.1. The molecule has 0 radical (unpaired) electrons. The van der Waals surface area contributed by atoms with Crippen molar-refractivity contribution in [1.29, 1.82) is 0 Å². The average molecular weight is 489 g/mol. The highest BCUT2D eigenvalue weighted by Gasteiger charge is 2.41. The number of carbonyl (C=O) groups excluding carboxylic acids is 1. The van der Waals surface area contributed by atoms with Gasteiger partial charge in [0.15, 0.2) is 5.78 Å². The van der Waals surface area contributed by atoms with Crippen molar-refractivity contribution in [3.8, 4) is 5.75 Å². The molecule has 0 spiro atoms. The van der Waals surface area contributed by atoms with Crippen LogP contribution in [-0.2, 0) is 11.4 Å². The number of allylic oxidation sites excluding steroid dienone is 2. The normalized spacial score (nSPS) is 18.6. The average Bonchev–Trinajstić information content (AvgIpc) is 3.23. The van der Waals surface area contributed by atoms with Gasteiger partial charge in [-0.15, -0.1) is 5.10 Å². The number of nitrogens with zero attached hydrogens (tertiary/aromatic N) is 3. The van der Waals surface area contributed by atoms with Gasteiger partial charge in [0.2, 0.25) is 11.1 Å². The van der Waals surface area contributed by atoms with Crippen LogP contribution in [0, 0.1) is 12.3 Å². The van der Waals surface area contributed by atoms with Crippen LogP contribution in [0.3, 0.4) is 0 Å². The van der Waals surface area contributed by atoms with Crippen molar-refractivity contribution in [1.82, 2.24) is 14.8 Å². The zero-order chi connectivity index (χ0) is 24.6. The van der Waals surface area contributed by atoms with E-state index in [1.165, 1.54) is 5.56 Å². The number of rotatable bonds is 7. The Hall–Kier alpha value is -3.06. The van der Waals surface area contributed by atoms with Crippen LogP contribution in [0.5, 0.6) is 5.75 Å². The van der Waals surface area contributed by atoms with Crippen molar-refractivity contribution in [3.05, 3.63) is 76.5 Å². The summed E-state index contributed by atoms with van der Waals surface area (Å²) < 4.78 is 7.90. The Bertz CT molecular complexity index is 1260. The van der Waals surface area contributed by atoms with E-state index in [0.717, 1.165) is 51.9 Å². The molecule has 3 aromatic rings. The molecule has 0 bridgehead atoms. The van der Waals surface area contributed by atoms with E-state index in [4.69, 9.17) is 14.8 Å². The lowest BCUT2D eigenvalue weighted by Crippen LogP contribution is -2.36. The third-order valence-corrected chi connectivity index (χ3v) is 7.51. The molecule has 5 rings (SSSR count). The molecular formula is C28H32N4O2S. The van der Waals surface area contributed by atoms with E-state index >= 15 is 0 Å². The number of hydrogen-bond donors (Lipinski definition) is 1. The Kier molecular flexibility index (Phi) is 6.45. The van der Waals surface area contributed by atoms with E-state index < -0.39 is 0 Å². The third kappa shape index (κ3) is 5.01. The summed E-state index contributed by atoms with van der Waals surface area (Å²) in [5.41, 5.74) is 5.08. The minimum absolute atomic E-state index is 0.0802. The molecule has 1 N–H and O–H groups in total. The first kappa shape index (κ1) is 23.7. The van der Waals surface area contributed by atoms with Gasteiger partial charge >= 0.3 is 0 Å². The lowest BCUT2D eigenvalue weighted by molar-refractivity contribution is -0.118. The van der Waals surface area contributed by atoms with Gasteiger partial charge in [-0.1, -0.05) is 74.5 Å². The predicted octanol–water partition coefficient (Wildman–Crippen LogP) is 6.33. The molecule has 1 aliphatic heterocycles. The van der Waals surface area contributed by atoms with Gasteiger partial charge in [-0.25, -0.2) is 4.68 Å². The monoisotopic (exact) mass is 488 g/mol. The number of thioether (sulfide) groups is 1. The van der Waals surface area contributed by atoms with Gasteiger partial charge in [0.25, 0.3) is 0 Å². The fraction of sp³-hybridized carbons (Fsp3) is 0.393. The van der Waals surface area contributed by atoms with Crippen LogP contribution in [0.15, 0.2) is 65.0 Å². The van der Waals surface area contributed by atoms with Gasteiger partial charge in [0.05, 0.1) is 0 Å².